The maximum atomic E-state index is 13.0. The van der Waals surface area contributed by atoms with E-state index < -0.39 is 0 Å². The van der Waals surface area contributed by atoms with Crippen LogP contribution in [0.3, 0.4) is 0 Å². The topological polar surface area (TPSA) is 80.2 Å². The number of hydrogen-bond donors (Lipinski definition) is 2. The molecule has 0 unspecified atom stereocenters. The van der Waals surface area contributed by atoms with Gasteiger partial charge in [0, 0.05) is 0 Å². The van der Waals surface area contributed by atoms with Gasteiger partial charge in [0.25, 0.3) is 5.91 Å². The van der Waals surface area contributed by atoms with Crippen molar-refractivity contribution in [3.8, 4) is 5.75 Å². The fourth-order valence-corrected chi connectivity index (χ4v) is 2.99. The lowest BCUT2D eigenvalue weighted by molar-refractivity contribution is -0.115. The number of amides is 1. The van der Waals surface area contributed by atoms with Gasteiger partial charge in [-0.05, 0) is 55.0 Å². The molecule has 4 rings (SSSR count). The van der Waals surface area contributed by atoms with Gasteiger partial charge in [-0.15, -0.1) is 0 Å². The van der Waals surface area contributed by atoms with Crippen LogP contribution in [0.25, 0.3) is 22.7 Å². The van der Waals surface area contributed by atoms with Gasteiger partial charge in [-0.2, -0.15) is 0 Å². The molecule has 1 amide bonds. The molecule has 0 aliphatic carbocycles. The molecule has 0 aliphatic heterocycles. The molecule has 0 fully saturated rings. The number of aromatic amines is 1. The number of imidazole rings is 1. The number of carbonyl (C=O) groups is 1. The zero-order valence-electron chi connectivity index (χ0n) is 16.0. The van der Waals surface area contributed by atoms with Crippen molar-refractivity contribution < 1.29 is 13.9 Å². The lowest BCUT2D eigenvalue weighted by Gasteiger charge is -2.07. The van der Waals surface area contributed by atoms with E-state index in [1.807, 2.05) is 67.6 Å². The minimum atomic E-state index is -0.241. The number of fused-ring (bicyclic) bond motifs is 1. The van der Waals surface area contributed by atoms with Crippen molar-refractivity contribution in [2.45, 2.75) is 13.5 Å². The standard InChI is InChI=1S/C23H21N3O3/c1-2-28-17-11-9-16(10-12-17)14-19(23(27)24-15-18-6-5-13-29-18)22-25-20-7-3-4-8-21(20)26-22/h3-14H,2,15H2,1H3,(H,24,27)(H,25,26). The van der Waals surface area contributed by atoms with Gasteiger partial charge < -0.3 is 19.5 Å². The smallest absolute Gasteiger partial charge is 0.255 e. The monoisotopic (exact) mass is 387 g/mol. The molecule has 2 N–H and O–H groups in total. The maximum Gasteiger partial charge on any atom is 0.255 e. The number of nitrogens with one attached hydrogen (secondary N) is 2. The third kappa shape index (κ3) is 4.38. The van der Waals surface area contributed by atoms with E-state index in [1.165, 1.54) is 0 Å². The summed E-state index contributed by atoms with van der Waals surface area (Å²) in [5, 5.41) is 2.89. The molecular weight excluding hydrogens is 366 g/mol. The summed E-state index contributed by atoms with van der Waals surface area (Å²) in [7, 11) is 0. The number of para-hydroxylation sites is 2. The second kappa shape index (κ2) is 8.48. The first-order valence-electron chi connectivity index (χ1n) is 9.43. The summed E-state index contributed by atoms with van der Waals surface area (Å²) in [5.41, 5.74) is 2.99. The molecule has 146 valence electrons. The van der Waals surface area contributed by atoms with Crippen molar-refractivity contribution in [1.82, 2.24) is 15.3 Å². The van der Waals surface area contributed by atoms with Crippen molar-refractivity contribution in [2.24, 2.45) is 0 Å². The molecule has 2 aromatic heterocycles. The van der Waals surface area contributed by atoms with E-state index in [0.29, 0.717) is 30.3 Å². The summed E-state index contributed by atoms with van der Waals surface area (Å²) in [6.45, 7) is 2.85. The fraction of sp³-hybridized carbons (Fsp3) is 0.130. The predicted octanol–water partition coefficient (Wildman–Crippen LogP) is 4.41. The van der Waals surface area contributed by atoms with E-state index in [1.54, 1.807) is 12.3 Å². The van der Waals surface area contributed by atoms with Crippen molar-refractivity contribution in [2.75, 3.05) is 6.61 Å². The van der Waals surface area contributed by atoms with Gasteiger partial charge in [0.1, 0.15) is 17.3 Å². The van der Waals surface area contributed by atoms with Crippen LogP contribution in [-0.2, 0) is 11.3 Å². The van der Waals surface area contributed by atoms with Crippen LogP contribution in [0.5, 0.6) is 5.75 Å². The molecule has 6 nitrogen and oxygen atoms in total. The number of H-pyrrole nitrogens is 1. The molecule has 0 radical (unpaired) electrons. The predicted molar refractivity (Wildman–Crippen MR) is 112 cm³/mol. The van der Waals surface area contributed by atoms with Crippen LogP contribution in [-0.4, -0.2) is 22.5 Å². The number of hydrogen-bond acceptors (Lipinski definition) is 4. The SMILES string of the molecule is CCOc1ccc(C=C(C(=O)NCc2ccco2)c2nc3ccccc3[nH]2)cc1. The molecule has 4 aromatic rings. The first kappa shape index (κ1) is 18.6. The number of ether oxygens (including phenoxy) is 1. The van der Waals surface area contributed by atoms with Gasteiger partial charge in [0.2, 0.25) is 0 Å². The van der Waals surface area contributed by atoms with Crippen LogP contribution < -0.4 is 10.1 Å². The highest BCUT2D eigenvalue weighted by molar-refractivity contribution is 6.23. The Labute approximate surface area is 168 Å². The molecule has 0 saturated heterocycles. The zero-order valence-corrected chi connectivity index (χ0v) is 16.0. The van der Waals surface area contributed by atoms with E-state index in [-0.39, 0.29) is 5.91 Å². The third-order valence-corrected chi connectivity index (χ3v) is 4.39. The van der Waals surface area contributed by atoms with Crippen LogP contribution >= 0.6 is 0 Å². The summed E-state index contributed by atoms with van der Waals surface area (Å²) in [6, 6.07) is 18.9. The summed E-state index contributed by atoms with van der Waals surface area (Å²) in [6.07, 6.45) is 3.39. The van der Waals surface area contributed by atoms with Crippen molar-refractivity contribution in [1.29, 1.82) is 0 Å². The summed E-state index contributed by atoms with van der Waals surface area (Å²) >= 11 is 0. The zero-order chi connectivity index (χ0) is 20.1. The van der Waals surface area contributed by atoms with Crippen LogP contribution in [0.2, 0.25) is 0 Å². The van der Waals surface area contributed by atoms with Gasteiger partial charge in [0.05, 0.1) is 36.0 Å². The Hall–Kier alpha value is -3.80. The Kier molecular flexibility index (Phi) is 5.42. The average molecular weight is 387 g/mol. The number of benzene rings is 2. The van der Waals surface area contributed by atoms with Gasteiger partial charge in [-0.3, -0.25) is 4.79 Å². The van der Waals surface area contributed by atoms with Crippen molar-refractivity contribution >= 4 is 28.6 Å². The molecular formula is C23H21N3O3. The van der Waals surface area contributed by atoms with Crippen LogP contribution in [0, 0.1) is 0 Å². The van der Waals surface area contributed by atoms with Gasteiger partial charge >= 0.3 is 0 Å². The van der Waals surface area contributed by atoms with E-state index in [9.17, 15) is 4.79 Å². The second-order valence-electron chi connectivity index (χ2n) is 6.42. The van der Waals surface area contributed by atoms with Crippen LogP contribution in [0.1, 0.15) is 24.1 Å². The van der Waals surface area contributed by atoms with E-state index in [4.69, 9.17) is 9.15 Å². The van der Waals surface area contributed by atoms with Gasteiger partial charge in [-0.1, -0.05) is 24.3 Å². The highest BCUT2D eigenvalue weighted by atomic mass is 16.5. The molecule has 2 aromatic carbocycles. The largest absolute Gasteiger partial charge is 0.494 e. The molecule has 29 heavy (non-hydrogen) atoms. The average Bonchev–Trinajstić information content (AvgIpc) is 3.41. The molecule has 0 spiro atoms. The first-order chi connectivity index (χ1) is 14.2. The normalized spacial score (nSPS) is 11.6. The quantitative estimate of drug-likeness (QED) is 0.460. The summed E-state index contributed by atoms with van der Waals surface area (Å²) in [5.74, 6) is 1.74. The third-order valence-electron chi connectivity index (χ3n) is 4.39. The second-order valence-corrected chi connectivity index (χ2v) is 6.42. The highest BCUT2D eigenvalue weighted by Gasteiger charge is 2.16. The molecule has 0 bridgehead atoms. The Morgan fingerprint density at radius 1 is 1.14 bits per heavy atom. The van der Waals surface area contributed by atoms with Gasteiger partial charge in [0.15, 0.2) is 0 Å². The Morgan fingerprint density at radius 3 is 2.69 bits per heavy atom. The summed E-state index contributed by atoms with van der Waals surface area (Å²) < 4.78 is 10.8. The maximum absolute atomic E-state index is 13.0. The van der Waals surface area contributed by atoms with E-state index >= 15 is 0 Å². The molecule has 0 saturated carbocycles. The fourth-order valence-electron chi connectivity index (χ4n) is 2.99. The minimum absolute atomic E-state index is 0.241. The first-order valence-corrected chi connectivity index (χ1v) is 9.43. The Bertz CT molecular complexity index is 1090. The van der Waals surface area contributed by atoms with Crippen molar-refractivity contribution in [3.63, 3.8) is 0 Å². The molecule has 0 atom stereocenters. The number of furan rings is 1. The number of rotatable bonds is 7. The Morgan fingerprint density at radius 2 is 1.97 bits per heavy atom. The molecule has 2 heterocycles. The lowest BCUT2D eigenvalue weighted by Crippen LogP contribution is -2.24. The highest BCUT2D eigenvalue weighted by Crippen LogP contribution is 2.21. The van der Waals surface area contributed by atoms with E-state index in [2.05, 4.69) is 15.3 Å². The number of carbonyl (C=O) groups excluding carboxylic acids is 1. The minimum Gasteiger partial charge on any atom is -0.494 e. The molecule has 0 aliphatic rings. The van der Waals surface area contributed by atoms with Crippen LogP contribution in [0.15, 0.2) is 71.3 Å². The lowest BCUT2D eigenvalue weighted by atomic mass is 10.1. The summed E-state index contributed by atoms with van der Waals surface area (Å²) in [4.78, 5) is 20.8. The molecule has 6 heteroatoms. The number of aromatic nitrogens is 2. The van der Waals surface area contributed by atoms with Crippen LogP contribution in [0.4, 0.5) is 0 Å². The van der Waals surface area contributed by atoms with E-state index in [0.717, 1.165) is 22.3 Å². The van der Waals surface area contributed by atoms with Gasteiger partial charge in [-0.25, -0.2) is 4.98 Å². The van der Waals surface area contributed by atoms with Crippen molar-refractivity contribution in [3.05, 3.63) is 84.1 Å². The Balaban J connectivity index is 1.66. The number of nitrogens with zero attached hydrogens (tertiary/aromatic N) is 1.